The van der Waals surface area contributed by atoms with Crippen LogP contribution in [-0.4, -0.2) is 31.7 Å². The van der Waals surface area contributed by atoms with Gasteiger partial charge in [0, 0.05) is 22.9 Å². The van der Waals surface area contributed by atoms with Gasteiger partial charge in [-0.2, -0.15) is 4.31 Å². The molecule has 5 nitrogen and oxygen atoms in total. The number of para-hydroxylation sites is 1. The summed E-state index contributed by atoms with van der Waals surface area (Å²) in [4.78, 5) is 15.1. The number of carbonyl (C=O) groups is 1. The molecule has 0 atom stereocenters. The van der Waals surface area contributed by atoms with Gasteiger partial charge in [-0.25, -0.2) is 8.42 Å². The molecule has 0 radical (unpaired) electrons. The van der Waals surface area contributed by atoms with Crippen LogP contribution < -0.4 is 5.32 Å². The molecule has 0 bridgehead atoms. The lowest BCUT2D eigenvalue weighted by Crippen LogP contribution is -2.35. The number of hydrogen-bond acceptors (Lipinski definition) is 4. The number of carbonyl (C=O) groups excluding carboxylic acids is 1. The molecule has 0 aromatic heterocycles. The van der Waals surface area contributed by atoms with E-state index in [0.717, 1.165) is 29.1 Å². The Bertz CT molecular complexity index is 1210. The van der Waals surface area contributed by atoms with Crippen molar-refractivity contribution in [3.8, 4) is 0 Å². The molecule has 0 saturated carbocycles. The van der Waals surface area contributed by atoms with E-state index >= 15 is 0 Å². The number of benzene rings is 3. The van der Waals surface area contributed by atoms with Crippen LogP contribution in [0.3, 0.4) is 0 Å². The summed E-state index contributed by atoms with van der Waals surface area (Å²) in [6, 6.07) is 21.6. The van der Waals surface area contributed by atoms with Crippen LogP contribution in [0, 0.1) is 0 Å². The van der Waals surface area contributed by atoms with Gasteiger partial charge in [0.05, 0.1) is 21.2 Å². The van der Waals surface area contributed by atoms with Crippen molar-refractivity contribution < 1.29 is 13.2 Å². The van der Waals surface area contributed by atoms with Crippen molar-refractivity contribution in [3.05, 3.63) is 83.4 Å². The molecule has 8 heteroatoms. The molecule has 1 fully saturated rings. The smallest absolute Gasteiger partial charge is 0.257 e. The third kappa shape index (κ3) is 5.18. The fraction of sp³-hybridized carbons (Fsp3) is 0.208. The quantitative estimate of drug-likeness (QED) is 0.469. The summed E-state index contributed by atoms with van der Waals surface area (Å²) < 4.78 is 27.6. The molecule has 3 aromatic carbocycles. The molecule has 0 spiro atoms. The van der Waals surface area contributed by atoms with Gasteiger partial charge in [-0.05, 0) is 55.3 Å². The molecule has 1 aliphatic heterocycles. The van der Waals surface area contributed by atoms with Gasteiger partial charge in [0.15, 0.2) is 0 Å². The van der Waals surface area contributed by atoms with Crippen molar-refractivity contribution in [2.75, 3.05) is 18.4 Å². The zero-order valence-corrected chi connectivity index (χ0v) is 19.7. The minimum atomic E-state index is -3.67. The Balaban J connectivity index is 1.59. The summed E-state index contributed by atoms with van der Waals surface area (Å²) in [6.07, 6.45) is 2.72. The fourth-order valence-corrected chi connectivity index (χ4v) is 6.23. The van der Waals surface area contributed by atoms with Crippen LogP contribution in [0.1, 0.15) is 29.6 Å². The number of piperidine rings is 1. The third-order valence-corrected chi connectivity index (χ3v) is 8.55. The predicted molar refractivity (Wildman–Crippen MR) is 129 cm³/mol. The van der Waals surface area contributed by atoms with Crippen LogP contribution in [0.5, 0.6) is 0 Å². The first-order valence-corrected chi connectivity index (χ1v) is 13.0. The van der Waals surface area contributed by atoms with E-state index in [4.69, 9.17) is 11.6 Å². The highest BCUT2D eigenvalue weighted by molar-refractivity contribution is 7.99. The zero-order valence-electron chi connectivity index (χ0n) is 17.3. The highest BCUT2D eigenvalue weighted by atomic mass is 35.5. The summed E-state index contributed by atoms with van der Waals surface area (Å²) in [5.41, 5.74) is 0.760. The van der Waals surface area contributed by atoms with Crippen molar-refractivity contribution in [2.45, 2.75) is 33.9 Å². The third-order valence-electron chi connectivity index (χ3n) is 5.24. The maximum absolute atomic E-state index is 13.1. The Kier molecular flexibility index (Phi) is 7.20. The van der Waals surface area contributed by atoms with Crippen molar-refractivity contribution in [2.24, 2.45) is 0 Å². The van der Waals surface area contributed by atoms with Gasteiger partial charge in [-0.15, -0.1) is 0 Å². The number of anilines is 1. The van der Waals surface area contributed by atoms with E-state index < -0.39 is 15.9 Å². The van der Waals surface area contributed by atoms with Crippen molar-refractivity contribution in [3.63, 3.8) is 0 Å². The highest BCUT2D eigenvalue weighted by Crippen LogP contribution is 2.34. The van der Waals surface area contributed by atoms with E-state index in [1.54, 1.807) is 0 Å². The Morgan fingerprint density at radius 3 is 2.34 bits per heavy atom. The van der Waals surface area contributed by atoms with Crippen molar-refractivity contribution >= 4 is 45.0 Å². The minimum Gasteiger partial charge on any atom is -0.321 e. The predicted octanol–water partition coefficient (Wildman–Crippen LogP) is 5.92. The van der Waals surface area contributed by atoms with E-state index in [9.17, 15) is 13.2 Å². The monoisotopic (exact) mass is 486 g/mol. The summed E-state index contributed by atoms with van der Waals surface area (Å²) in [5, 5.41) is 3.10. The van der Waals surface area contributed by atoms with Crippen molar-refractivity contribution in [1.29, 1.82) is 0 Å². The first-order chi connectivity index (χ1) is 15.4. The lowest BCUT2D eigenvalue weighted by atomic mass is 10.2. The zero-order chi connectivity index (χ0) is 22.6. The maximum Gasteiger partial charge on any atom is 0.257 e. The first kappa shape index (κ1) is 22.9. The molecule has 4 rings (SSSR count). The SMILES string of the molecule is O=C(Nc1ccccc1Sc1ccccc1)c1cc(S(=O)(=O)N2CCCCC2)ccc1Cl. The van der Waals surface area contributed by atoms with Gasteiger partial charge in [0.1, 0.15) is 0 Å². The second kappa shape index (κ2) is 10.1. The van der Waals surface area contributed by atoms with E-state index in [-0.39, 0.29) is 15.5 Å². The van der Waals surface area contributed by atoms with Gasteiger partial charge in [-0.3, -0.25) is 4.79 Å². The number of rotatable bonds is 6. The normalized spacial score (nSPS) is 14.8. The average molecular weight is 487 g/mol. The maximum atomic E-state index is 13.1. The molecule has 0 aliphatic carbocycles. The van der Waals surface area contributed by atoms with Gasteiger partial charge >= 0.3 is 0 Å². The van der Waals surface area contributed by atoms with Gasteiger partial charge < -0.3 is 5.32 Å². The van der Waals surface area contributed by atoms with E-state index in [2.05, 4.69) is 5.32 Å². The molecule has 1 aliphatic rings. The Morgan fingerprint density at radius 2 is 1.59 bits per heavy atom. The number of nitrogens with zero attached hydrogens (tertiary/aromatic N) is 1. The van der Waals surface area contributed by atoms with Crippen LogP contribution in [0.15, 0.2) is 87.5 Å². The minimum absolute atomic E-state index is 0.0842. The second-order valence-electron chi connectivity index (χ2n) is 7.47. The lowest BCUT2D eigenvalue weighted by molar-refractivity contribution is 0.102. The van der Waals surface area contributed by atoms with Crippen molar-refractivity contribution in [1.82, 2.24) is 4.31 Å². The molecule has 32 heavy (non-hydrogen) atoms. The van der Waals surface area contributed by atoms with Crippen LogP contribution in [0.25, 0.3) is 0 Å². The van der Waals surface area contributed by atoms with Gasteiger partial charge in [0.2, 0.25) is 10.0 Å². The Labute approximate surface area is 197 Å². The molecular weight excluding hydrogens is 464 g/mol. The van der Waals surface area contributed by atoms with Crippen LogP contribution >= 0.6 is 23.4 Å². The van der Waals surface area contributed by atoms with Gasteiger partial charge in [0.25, 0.3) is 5.91 Å². The fourth-order valence-electron chi connectivity index (χ4n) is 3.56. The molecule has 3 aromatic rings. The van der Waals surface area contributed by atoms with Crippen LogP contribution in [-0.2, 0) is 10.0 Å². The molecule has 166 valence electrons. The van der Waals surface area contributed by atoms with Crippen LogP contribution in [0.4, 0.5) is 5.69 Å². The standard InChI is InChI=1S/C24H23ClN2O3S2/c25-21-14-13-19(32(29,30)27-15-7-2-8-16-27)17-20(21)24(28)26-22-11-5-6-12-23(22)31-18-9-3-1-4-10-18/h1,3-6,9-14,17H,2,7-8,15-16H2,(H,26,28). The highest BCUT2D eigenvalue weighted by Gasteiger charge is 2.27. The van der Waals surface area contributed by atoms with E-state index in [1.807, 2.05) is 54.6 Å². The summed E-state index contributed by atoms with van der Waals surface area (Å²) >= 11 is 7.82. The number of amides is 1. The molecule has 1 N–H and O–H groups in total. The Morgan fingerprint density at radius 1 is 0.906 bits per heavy atom. The molecule has 1 heterocycles. The number of nitrogens with one attached hydrogen (secondary N) is 1. The Hall–Kier alpha value is -2.32. The molecule has 1 saturated heterocycles. The molecule has 1 amide bonds. The number of halogens is 1. The summed E-state index contributed by atoms with van der Waals surface area (Å²) in [5.74, 6) is -0.452. The first-order valence-electron chi connectivity index (χ1n) is 10.4. The van der Waals surface area contributed by atoms with E-state index in [1.165, 1.54) is 34.3 Å². The lowest BCUT2D eigenvalue weighted by Gasteiger charge is -2.26. The summed E-state index contributed by atoms with van der Waals surface area (Å²) in [7, 11) is -3.67. The topological polar surface area (TPSA) is 66.5 Å². The van der Waals surface area contributed by atoms with Gasteiger partial charge in [-0.1, -0.05) is 60.1 Å². The second-order valence-corrected chi connectivity index (χ2v) is 10.9. The molecular formula is C24H23ClN2O3S2. The van der Waals surface area contributed by atoms with Crippen LogP contribution in [0.2, 0.25) is 5.02 Å². The number of sulfonamides is 1. The molecule has 0 unspecified atom stereocenters. The number of hydrogen-bond donors (Lipinski definition) is 1. The largest absolute Gasteiger partial charge is 0.321 e. The van der Waals surface area contributed by atoms with E-state index in [0.29, 0.717) is 18.8 Å². The summed E-state index contributed by atoms with van der Waals surface area (Å²) in [6.45, 7) is 0.993. The average Bonchev–Trinajstić information content (AvgIpc) is 2.81.